The molecule has 1 saturated carbocycles. The Hall–Kier alpha value is -1.68. The summed E-state index contributed by atoms with van der Waals surface area (Å²) in [7, 11) is 2.16. The van der Waals surface area contributed by atoms with Crippen LogP contribution in [-0.2, 0) is 12.0 Å². The second-order valence-electron chi connectivity index (χ2n) is 7.02. The van der Waals surface area contributed by atoms with Gasteiger partial charge >= 0.3 is 0 Å². The molecule has 0 saturated heterocycles. The molecule has 0 radical (unpaired) electrons. The second-order valence-corrected chi connectivity index (χ2v) is 7.02. The molecule has 0 spiro atoms. The molecule has 1 atom stereocenters. The number of aromatic nitrogens is 3. The van der Waals surface area contributed by atoms with Crippen molar-refractivity contribution < 1.29 is 0 Å². The highest BCUT2D eigenvalue weighted by molar-refractivity contribution is 5.37. The van der Waals surface area contributed by atoms with E-state index >= 15 is 0 Å². The topological polar surface area (TPSA) is 44.8 Å². The maximum absolute atomic E-state index is 4.40. The van der Waals surface area contributed by atoms with Gasteiger partial charge in [0.15, 0.2) is 5.82 Å². The number of rotatable bonds is 5. The smallest absolute Gasteiger partial charge is 0.164 e. The summed E-state index contributed by atoms with van der Waals surface area (Å²) in [6.45, 7) is 8.49. The molecule has 0 aliphatic heterocycles. The molecule has 0 bridgehead atoms. The van der Waals surface area contributed by atoms with Gasteiger partial charge in [0.25, 0.3) is 0 Å². The number of benzene rings is 1. The van der Waals surface area contributed by atoms with Crippen LogP contribution in [0.4, 0.5) is 0 Å². The normalized spacial score (nSPS) is 23.5. The summed E-state index contributed by atoms with van der Waals surface area (Å²) in [4.78, 5) is 6.74. The molecule has 2 aromatic rings. The molecule has 21 heavy (non-hydrogen) atoms. The molecule has 4 heteroatoms. The van der Waals surface area contributed by atoms with Crippen molar-refractivity contribution in [1.29, 1.82) is 0 Å². The Balaban J connectivity index is 1.75. The number of likely N-dealkylation sites (N-methyl/N-ethyl adjacent to an activating group) is 1. The lowest BCUT2D eigenvalue weighted by Crippen LogP contribution is -2.32. The quantitative estimate of drug-likeness (QED) is 0.918. The lowest BCUT2D eigenvalue weighted by atomic mass is 9.87. The first kappa shape index (κ1) is 14.3. The van der Waals surface area contributed by atoms with Gasteiger partial charge in [0.2, 0.25) is 0 Å². The predicted molar refractivity (Wildman–Crippen MR) is 84.0 cm³/mol. The van der Waals surface area contributed by atoms with Crippen LogP contribution in [0.25, 0.3) is 0 Å². The molecule has 0 amide bonds. The molecule has 1 N–H and O–H groups in total. The first-order valence-corrected chi connectivity index (χ1v) is 7.55. The van der Waals surface area contributed by atoms with Crippen LogP contribution in [0.1, 0.15) is 37.5 Å². The van der Waals surface area contributed by atoms with Crippen molar-refractivity contribution in [1.82, 2.24) is 20.1 Å². The Morgan fingerprint density at radius 1 is 1.24 bits per heavy atom. The van der Waals surface area contributed by atoms with Crippen molar-refractivity contribution in [3.05, 3.63) is 47.5 Å². The van der Waals surface area contributed by atoms with Crippen molar-refractivity contribution in [2.75, 3.05) is 13.6 Å². The number of nitrogens with zero attached hydrogens (tertiary/aromatic N) is 3. The molecule has 4 nitrogen and oxygen atoms in total. The highest BCUT2D eigenvalue weighted by Gasteiger charge is 2.61. The number of H-pyrrole nitrogens is 1. The Labute approximate surface area is 126 Å². The number of hydrogen-bond donors (Lipinski definition) is 1. The van der Waals surface area contributed by atoms with Gasteiger partial charge < -0.3 is 0 Å². The first-order valence-electron chi connectivity index (χ1n) is 7.55. The lowest BCUT2D eigenvalue weighted by molar-refractivity contribution is 0.266. The summed E-state index contributed by atoms with van der Waals surface area (Å²) in [6.07, 6.45) is 1.24. The Kier molecular flexibility index (Phi) is 3.36. The Morgan fingerprint density at radius 3 is 2.43 bits per heavy atom. The minimum Gasteiger partial charge on any atom is -0.298 e. The van der Waals surface area contributed by atoms with Crippen molar-refractivity contribution in [2.45, 2.75) is 39.2 Å². The van der Waals surface area contributed by atoms with Crippen molar-refractivity contribution >= 4 is 0 Å². The van der Waals surface area contributed by atoms with E-state index in [-0.39, 0.29) is 5.41 Å². The zero-order valence-electron chi connectivity index (χ0n) is 13.3. The van der Waals surface area contributed by atoms with E-state index in [0.29, 0.717) is 5.41 Å². The third-order valence-corrected chi connectivity index (χ3v) is 4.84. The molecule has 3 rings (SSSR count). The summed E-state index contributed by atoms with van der Waals surface area (Å²) < 4.78 is 0. The fraction of sp³-hybridized carbons (Fsp3) is 0.529. The van der Waals surface area contributed by atoms with E-state index in [1.165, 1.54) is 12.0 Å². The fourth-order valence-electron chi connectivity index (χ4n) is 3.54. The summed E-state index contributed by atoms with van der Waals surface area (Å²) in [5.41, 5.74) is 2.07. The second kappa shape index (κ2) is 4.95. The maximum Gasteiger partial charge on any atom is 0.164 e. The van der Waals surface area contributed by atoms with E-state index in [1.807, 2.05) is 6.92 Å². The van der Waals surface area contributed by atoms with Gasteiger partial charge in [0.05, 0.1) is 6.54 Å². The zero-order valence-corrected chi connectivity index (χ0v) is 13.3. The average molecular weight is 284 g/mol. The van der Waals surface area contributed by atoms with Crippen LogP contribution in [0.2, 0.25) is 0 Å². The maximum atomic E-state index is 4.40. The van der Waals surface area contributed by atoms with Gasteiger partial charge in [0.1, 0.15) is 5.82 Å². The highest BCUT2D eigenvalue weighted by Crippen LogP contribution is 2.64. The third-order valence-electron chi connectivity index (χ3n) is 4.84. The predicted octanol–water partition coefficient (Wildman–Crippen LogP) is 2.91. The van der Waals surface area contributed by atoms with E-state index in [0.717, 1.165) is 24.7 Å². The molecule has 1 aromatic heterocycles. The third kappa shape index (κ3) is 2.60. The summed E-state index contributed by atoms with van der Waals surface area (Å²) >= 11 is 0. The van der Waals surface area contributed by atoms with Crippen LogP contribution in [0.5, 0.6) is 0 Å². The molecular formula is C17H24N4. The molecule has 0 unspecified atom stereocenters. The average Bonchev–Trinajstić information content (AvgIpc) is 2.77. The Bertz CT molecular complexity index is 617. The molecule has 1 aliphatic carbocycles. The summed E-state index contributed by atoms with van der Waals surface area (Å²) in [5, 5.41) is 7.15. The first-order chi connectivity index (χ1) is 9.93. The van der Waals surface area contributed by atoms with Gasteiger partial charge in [-0.05, 0) is 31.4 Å². The van der Waals surface area contributed by atoms with E-state index < -0.39 is 0 Å². The molecule has 1 aromatic carbocycles. The van der Waals surface area contributed by atoms with E-state index in [2.05, 4.69) is 71.3 Å². The van der Waals surface area contributed by atoms with Gasteiger partial charge in [-0.15, -0.1) is 0 Å². The van der Waals surface area contributed by atoms with E-state index in [1.54, 1.807) is 0 Å². The van der Waals surface area contributed by atoms with Crippen LogP contribution in [0.15, 0.2) is 30.3 Å². The van der Waals surface area contributed by atoms with Crippen molar-refractivity contribution in [3.8, 4) is 0 Å². The van der Waals surface area contributed by atoms with Crippen LogP contribution < -0.4 is 0 Å². The molecular weight excluding hydrogens is 260 g/mol. The molecule has 112 valence electrons. The lowest BCUT2D eigenvalue weighted by Gasteiger charge is -2.27. The zero-order chi connectivity index (χ0) is 15.1. The molecule has 1 heterocycles. The van der Waals surface area contributed by atoms with Crippen LogP contribution in [0.3, 0.4) is 0 Å². The number of aryl methyl sites for hydroxylation is 1. The van der Waals surface area contributed by atoms with Gasteiger partial charge in [-0.1, -0.05) is 44.2 Å². The number of nitrogens with one attached hydrogen (secondary N) is 1. The largest absolute Gasteiger partial charge is 0.298 e. The fourth-order valence-corrected chi connectivity index (χ4v) is 3.54. The van der Waals surface area contributed by atoms with Gasteiger partial charge in [-0.25, -0.2) is 4.98 Å². The van der Waals surface area contributed by atoms with Crippen LogP contribution in [-0.4, -0.2) is 33.7 Å². The van der Waals surface area contributed by atoms with Gasteiger partial charge in [-0.2, -0.15) is 5.10 Å². The number of aromatic amines is 1. The van der Waals surface area contributed by atoms with E-state index in [9.17, 15) is 0 Å². The highest BCUT2D eigenvalue weighted by atomic mass is 15.2. The van der Waals surface area contributed by atoms with Crippen LogP contribution in [0, 0.1) is 12.3 Å². The van der Waals surface area contributed by atoms with Crippen LogP contribution >= 0.6 is 0 Å². The SMILES string of the molecule is Cc1nc(CN(C)C[C@@]2(c3ccccc3)CC2(C)C)n[nH]1. The minimum atomic E-state index is 0.258. The monoisotopic (exact) mass is 284 g/mol. The molecule has 1 fully saturated rings. The Morgan fingerprint density at radius 2 is 1.90 bits per heavy atom. The van der Waals surface area contributed by atoms with Gasteiger partial charge in [-0.3, -0.25) is 10.00 Å². The summed E-state index contributed by atoms with van der Waals surface area (Å²) in [5.74, 6) is 1.75. The van der Waals surface area contributed by atoms with Crippen molar-refractivity contribution in [2.24, 2.45) is 5.41 Å². The standard InChI is InChI=1S/C17H24N4/c1-13-18-15(20-19-13)10-21(4)12-17(11-16(17,2)3)14-8-6-5-7-9-14/h5-9H,10-12H2,1-4H3,(H,18,19,20)/t17-/m1/s1. The van der Waals surface area contributed by atoms with E-state index in [4.69, 9.17) is 0 Å². The summed E-state index contributed by atoms with van der Waals surface area (Å²) in [6, 6.07) is 10.9. The number of hydrogen-bond acceptors (Lipinski definition) is 3. The van der Waals surface area contributed by atoms with Crippen molar-refractivity contribution in [3.63, 3.8) is 0 Å². The molecule has 1 aliphatic rings. The van der Waals surface area contributed by atoms with Gasteiger partial charge in [0, 0.05) is 12.0 Å². The minimum absolute atomic E-state index is 0.258.